The lowest BCUT2D eigenvalue weighted by Gasteiger charge is -2.32. The van der Waals surface area contributed by atoms with E-state index in [-0.39, 0.29) is 35.9 Å². The summed E-state index contributed by atoms with van der Waals surface area (Å²) in [6.07, 6.45) is 1.06. The Morgan fingerprint density at radius 2 is 2.00 bits per heavy atom. The van der Waals surface area contributed by atoms with Gasteiger partial charge in [-0.15, -0.1) is 12.4 Å². The molecule has 0 aliphatic carbocycles. The Morgan fingerprint density at radius 3 is 2.73 bits per heavy atom. The fraction of sp³-hybridized carbons (Fsp3) is 0.632. The van der Waals surface area contributed by atoms with E-state index in [1.165, 1.54) is 5.56 Å². The number of nitrogens with one attached hydrogen (secondary N) is 5. The maximum atomic E-state index is 12.6. The monoisotopic (exact) mass is 381 g/mol. The topological polar surface area (TPSA) is 77.2 Å². The van der Waals surface area contributed by atoms with E-state index < -0.39 is 0 Å². The standard InChI is InChI=1S/C19H31N5O.ClH/c1-13(14-7-5-4-6-8-14)22-19(2,3)12-21-18(25)17-15-11-20-10-9-16(15)23-24-17;/h4-8,13,15-17,20,22-24H,9-12H2,1-3H3,(H,21,25);1H. The number of carbonyl (C=O) groups excluding carboxylic acids is 1. The zero-order chi connectivity index (χ0) is 17.9. The Kier molecular flexibility index (Phi) is 7.43. The Labute approximate surface area is 162 Å². The Bertz CT molecular complexity index is 583. The van der Waals surface area contributed by atoms with Gasteiger partial charge < -0.3 is 16.0 Å². The molecule has 3 rings (SSSR count). The molecule has 7 heteroatoms. The molecule has 26 heavy (non-hydrogen) atoms. The largest absolute Gasteiger partial charge is 0.353 e. The van der Waals surface area contributed by atoms with Crippen molar-refractivity contribution in [3.63, 3.8) is 0 Å². The SMILES string of the molecule is CC(NC(C)(C)CNC(=O)C1NNC2CCNCC21)c1ccccc1.Cl. The van der Waals surface area contributed by atoms with Crippen LogP contribution in [0.4, 0.5) is 0 Å². The lowest BCUT2D eigenvalue weighted by atomic mass is 9.89. The molecular formula is C19H32ClN5O. The fourth-order valence-electron chi connectivity index (χ4n) is 3.86. The number of halogens is 1. The molecule has 2 heterocycles. The number of benzene rings is 1. The Morgan fingerprint density at radius 1 is 1.27 bits per heavy atom. The van der Waals surface area contributed by atoms with Crippen LogP contribution in [0, 0.1) is 5.92 Å². The van der Waals surface area contributed by atoms with Gasteiger partial charge in [-0.05, 0) is 39.3 Å². The molecule has 0 bridgehead atoms. The molecule has 1 aromatic carbocycles. The van der Waals surface area contributed by atoms with Crippen LogP contribution in [0.1, 0.15) is 38.8 Å². The summed E-state index contributed by atoms with van der Waals surface area (Å²) in [4.78, 5) is 12.6. The number of fused-ring (bicyclic) bond motifs is 1. The number of amides is 1. The van der Waals surface area contributed by atoms with E-state index >= 15 is 0 Å². The van der Waals surface area contributed by atoms with Gasteiger partial charge in [-0.25, -0.2) is 5.43 Å². The number of hydrogen-bond donors (Lipinski definition) is 5. The predicted molar refractivity (Wildman–Crippen MR) is 107 cm³/mol. The number of rotatable bonds is 6. The molecule has 0 radical (unpaired) electrons. The number of hydrogen-bond acceptors (Lipinski definition) is 5. The molecule has 2 aliphatic rings. The summed E-state index contributed by atoms with van der Waals surface area (Å²) in [5.74, 6) is 0.388. The third-order valence-electron chi connectivity index (χ3n) is 5.28. The summed E-state index contributed by atoms with van der Waals surface area (Å²) in [6, 6.07) is 10.8. The van der Waals surface area contributed by atoms with Gasteiger partial charge in [-0.2, -0.15) is 0 Å². The first-order valence-corrected chi connectivity index (χ1v) is 9.28. The highest BCUT2D eigenvalue weighted by Gasteiger charge is 2.41. The van der Waals surface area contributed by atoms with Crippen LogP contribution in [-0.2, 0) is 4.79 Å². The molecule has 4 atom stereocenters. The van der Waals surface area contributed by atoms with E-state index in [4.69, 9.17) is 0 Å². The summed E-state index contributed by atoms with van der Waals surface area (Å²) in [5, 5.41) is 10.1. The van der Waals surface area contributed by atoms with Gasteiger partial charge in [0.15, 0.2) is 0 Å². The van der Waals surface area contributed by atoms with Crippen molar-refractivity contribution >= 4 is 18.3 Å². The molecule has 0 spiro atoms. The maximum absolute atomic E-state index is 12.6. The van der Waals surface area contributed by atoms with Gasteiger partial charge >= 0.3 is 0 Å². The molecule has 2 saturated heterocycles. The quantitative estimate of drug-likeness (QED) is 0.510. The average molecular weight is 382 g/mol. The summed E-state index contributed by atoms with van der Waals surface area (Å²) < 4.78 is 0. The van der Waals surface area contributed by atoms with E-state index in [0.29, 0.717) is 18.5 Å². The zero-order valence-electron chi connectivity index (χ0n) is 15.8. The van der Waals surface area contributed by atoms with Crippen molar-refractivity contribution in [2.75, 3.05) is 19.6 Å². The first kappa shape index (κ1) is 21.1. The van der Waals surface area contributed by atoms with Gasteiger partial charge in [-0.3, -0.25) is 10.2 Å². The van der Waals surface area contributed by atoms with E-state index in [1.54, 1.807) is 0 Å². The van der Waals surface area contributed by atoms with Crippen LogP contribution < -0.4 is 26.8 Å². The van der Waals surface area contributed by atoms with E-state index in [9.17, 15) is 4.79 Å². The van der Waals surface area contributed by atoms with Crippen molar-refractivity contribution in [2.24, 2.45) is 5.92 Å². The lowest BCUT2D eigenvalue weighted by Crippen LogP contribution is -2.54. The van der Waals surface area contributed by atoms with Crippen molar-refractivity contribution in [2.45, 2.75) is 50.9 Å². The fourth-order valence-corrected chi connectivity index (χ4v) is 3.86. The summed E-state index contributed by atoms with van der Waals surface area (Å²) >= 11 is 0. The van der Waals surface area contributed by atoms with Gasteiger partial charge in [0.25, 0.3) is 0 Å². The lowest BCUT2D eigenvalue weighted by molar-refractivity contribution is -0.124. The number of piperidine rings is 1. The zero-order valence-corrected chi connectivity index (χ0v) is 16.7. The molecule has 6 nitrogen and oxygen atoms in total. The highest BCUT2D eigenvalue weighted by Crippen LogP contribution is 2.20. The second-order valence-corrected chi connectivity index (χ2v) is 7.91. The highest BCUT2D eigenvalue weighted by atomic mass is 35.5. The van der Waals surface area contributed by atoms with Crippen molar-refractivity contribution in [3.8, 4) is 0 Å². The summed E-state index contributed by atoms with van der Waals surface area (Å²) in [5.41, 5.74) is 7.51. The minimum absolute atomic E-state index is 0. The molecule has 0 aromatic heterocycles. The number of carbonyl (C=O) groups is 1. The van der Waals surface area contributed by atoms with Gasteiger partial charge in [0.2, 0.25) is 5.91 Å². The molecular weight excluding hydrogens is 350 g/mol. The first-order chi connectivity index (χ1) is 12.0. The molecule has 4 unspecified atom stereocenters. The maximum Gasteiger partial charge on any atom is 0.238 e. The van der Waals surface area contributed by atoms with Gasteiger partial charge in [-0.1, -0.05) is 30.3 Å². The normalized spacial score (nSPS) is 26.5. The molecule has 5 N–H and O–H groups in total. The summed E-state index contributed by atoms with van der Waals surface area (Å²) in [6.45, 7) is 8.88. The molecule has 1 aromatic rings. The predicted octanol–water partition coefficient (Wildman–Crippen LogP) is 1.11. The van der Waals surface area contributed by atoms with Gasteiger partial charge in [0.1, 0.15) is 6.04 Å². The van der Waals surface area contributed by atoms with Crippen LogP contribution in [0.5, 0.6) is 0 Å². The van der Waals surface area contributed by atoms with Crippen LogP contribution in [-0.4, -0.2) is 43.2 Å². The van der Waals surface area contributed by atoms with Crippen LogP contribution in [0.15, 0.2) is 30.3 Å². The molecule has 2 fully saturated rings. The first-order valence-electron chi connectivity index (χ1n) is 9.28. The van der Waals surface area contributed by atoms with Crippen LogP contribution >= 0.6 is 12.4 Å². The third kappa shape index (κ3) is 5.18. The average Bonchev–Trinajstić information content (AvgIpc) is 3.04. The van der Waals surface area contributed by atoms with Gasteiger partial charge in [0.05, 0.1) is 0 Å². The van der Waals surface area contributed by atoms with Crippen LogP contribution in [0.3, 0.4) is 0 Å². The van der Waals surface area contributed by atoms with E-state index in [0.717, 1.165) is 19.5 Å². The molecule has 146 valence electrons. The van der Waals surface area contributed by atoms with Crippen molar-refractivity contribution in [1.29, 1.82) is 0 Å². The Hall–Kier alpha value is -1.18. The van der Waals surface area contributed by atoms with E-state index in [2.05, 4.69) is 71.8 Å². The molecule has 2 aliphatic heterocycles. The van der Waals surface area contributed by atoms with Crippen molar-refractivity contribution in [1.82, 2.24) is 26.8 Å². The second kappa shape index (κ2) is 9.15. The van der Waals surface area contributed by atoms with Crippen LogP contribution in [0.25, 0.3) is 0 Å². The van der Waals surface area contributed by atoms with Crippen molar-refractivity contribution < 1.29 is 4.79 Å². The molecule has 0 saturated carbocycles. The summed E-state index contributed by atoms with van der Waals surface area (Å²) in [7, 11) is 0. The van der Waals surface area contributed by atoms with Crippen molar-refractivity contribution in [3.05, 3.63) is 35.9 Å². The minimum Gasteiger partial charge on any atom is -0.353 e. The van der Waals surface area contributed by atoms with Gasteiger partial charge in [0, 0.05) is 36.6 Å². The molecule has 1 amide bonds. The van der Waals surface area contributed by atoms with Crippen LogP contribution in [0.2, 0.25) is 0 Å². The number of hydrazine groups is 1. The Balaban J connectivity index is 0.00000243. The highest BCUT2D eigenvalue weighted by molar-refractivity contribution is 5.85. The minimum atomic E-state index is -0.193. The van der Waals surface area contributed by atoms with E-state index in [1.807, 2.05) is 6.07 Å². The second-order valence-electron chi connectivity index (χ2n) is 7.91. The third-order valence-corrected chi connectivity index (χ3v) is 5.28. The smallest absolute Gasteiger partial charge is 0.238 e.